The van der Waals surface area contributed by atoms with E-state index >= 15 is 0 Å². The number of hydrogen-bond donors (Lipinski definition) is 0. The zero-order valence-electron chi connectivity index (χ0n) is 11.0. The molecule has 0 fully saturated rings. The fraction of sp³-hybridized carbons (Fsp3) is 0.0625. The van der Waals surface area contributed by atoms with Crippen molar-refractivity contribution in [3.8, 4) is 21.8 Å². The van der Waals surface area contributed by atoms with Crippen LogP contribution >= 0.6 is 38.9 Å². The Morgan fingerprint density at radius 3 is 2.62 bits per heavy atom. The third-order valence-corrected chi connectivity index (χ3v) is 5.10. The molecular formula is C16H10BrClFNS. The summed E-state index contributed by atoms with van der Waals surface area (Å²) >= 11 is 11.1. The molecule has 1 heterocycles. The smallest absolute Gasteiger partial charge is 0.134 e. The molecule has 0 saturated carbocycles. The van der Waals surface area contributed by atoms with Gasteiger partial charge >= 0.3 is 0 Å². The Hall–Kier alpha value is -1.23. The van der Waals surface area contributed by atoms with Gasteiger partial charge in [-0.25, -0.2) is 9.37 Å². The minimum atomic E-state index is -0.352. The first-order chi connectivity index (χ1) is 10.1. The van der Waals surface area contributed by atoms with Crippen molar-refractivity contribution in [2.45, 2.75) is 6.92 Å². The molecule has 0 aliphatic heterocycles. The summed E-state index contributed by atoms with van der Waals surface area (Å²) in [5.74, 6) is -0.352. The molecule has 0 amide bonds. The molecule has 0 aliphatic carbocycles. The van der Waals surface area contributed by atoms with Crippen LogP contribution < -0.4 is 0 Å². The molecule has 0 N–H and O–H groups in total. The molecule has 0 spiro atoms. The van der Waals surface area contributed by atoms with E-state index in [1.165, 1.54) is 17.4 Å². The summed E-state index contributed by atoms with van der Waals surface area (Å²) in [6.45, 7) is 1.98. The van der Waals surface area contributed by atoms with Gasteiger partial charge in [-0.1, -0.05) is 51.8 Å². The summed E-state index contributed by atoms with van der Waals surface area (Å²) < 4.78 is 15.0. The van der Waals surface area contributed by atoms with Crippen LogP contribution in [0.2, 0.25) is 5.02 Å². The maximum Gasteiger partial charge on any atom is 0.134 e. The molecule has 0 bridgehead atoms. The number of aromatic nitrogens is 1. The van der Waals surface area contributed by atoms with Crippen molar-refractivity contribution >= 4 is 38.9 Å². The molecule has 5 heteroatoms. The van der Waals surface area contributed by atoms with Gasteiger partial charge in [0, 0.05) is 14.9 Å². The predicted molar refractivity (Wildman–Crippen MR) is 90.4 cm³/mol. The van der Waals surface area contributed by atoms with E-state index < -0.39 is 0 Å². The summed E-state index contributed by atoms with van der Waals surface area (Å²) in [5.41, 5.74) is 2.21. The number of rotatable bonds is 2. The summed E-state index contributed by atoms with van der Waals surface area (Å²) in [5, 5.41) is 0.976. The van der Waals surface area contributed by atoms with Crippen molar-refractivity contribution in [1.82, 2.24) is 4.98 Å². The molecule has 0 atom stereocenters. The molecule has 1 nitrogen and oxygen atoms in total. The Balaban J connectivity index is 2.17. The topological polar surface area (TPSA) is 12.9 Å². The maximum atomic E-state index is 14.0. The Morgan fingerprint density at radius 1 is 1.14 bits per heavy atom. The third-order valence-electron chi connectivity index (χ3n) is 3.10. The normalized spacial score (nSPS) is 10.9. The maximum absolute atomic E-state index is 14.0. The average molecular weight is 383 g/mol. The minimum Gasteiger partial charge on any atom is -0.236 e. The number of hydrogen-bond acceptors (Lipinski definition) is 2. The molecule has 21 heavy (non-hydrogen) atoms. The minimum absolute atomic E-state index is 0.352. The Morgan fingerprint density at radius 2 is 1.90 bits per heavy atom. The van der Waals surface area contributed by atoms with Gasteiger partial charge in [0.1, 0.15) is 10.8 Å². The second-order valence-corrected chi connectivity index (χ2v) is 6.97. The van der Waals surface area contributed by atoms with E-state index in [1.54, 1.807) is 12.1 Å². The van der Waals surface area contributed by atoms with Crippen LogP contribution in [0.25, 0.3) is 21.8 Å². The average Bonchev–Trinajstić information content (AvgIpc) is 2.81. The number of benzene rings is 2. The van der Waals surface area contributed by atoms with Crippen molar-refractivity contribution in [2.24, 2.45) is 0 Å². The molecule has 1 aromatic heterocycles. The molecule has 0 aliphatic rings. The van der Waals surface area contributed by atoms with Crippen molar-refractivity contribution < 1.29 is 4.39 Å². The van der Waals surface area contributed by atoms with Gasteiger partial charge in [-0.3, -0.25) is 0 Å². The molecule has 2 aromatic carbocycles. The lowest BCUT2D eigenvalue weighted by Crippen LogP contribution is -1.86. The zero-order chi connectivity index (χ0) is 15.0. The molecule has 0 unspecified atom stereocenters. The van der Waals surface area contributed by atoms with Gasteiger partial charge in [-0.2, -0.15) is 0 Å². The van der Waals surface area contributed by atoms with Gasteiger partial charge in [0.15, 0.2) is 0 Å². The van der Waals surface area contributed by atoms with Crippen molar-refractivity contribution in [3.63, 3.8) is 0 Å². The van der Waals surface area contributed by atoms with Gasteiger partial charge < -0.3 is 0 Å². The van der Waals surface area contributed by atoms with Crippen molar-refractivity contribution in [3.05, 3.63) is 62.7 Å². The van der Waals surface area contributed by atoms with Crippen LogP contribution in [-0.4, -0.2) is 4.98 Å². The quantitative estimate of drug-likeness (QED) is 0.504. The first-order valence-electron chi connectivity index (χ1n) is 6.24. The van der Waals surface area contributed by atoms with Crippen molar-refractivity contribution in [1.29, 1.82) is 0 Å². The monoisotopic (exact) mass is 381 g/mol. The van der Waals surface area contributed by atoms with Gasteiger partial charge in [0.2, 0.25) is 0 Å². The fourth-order valence-electron chi connectivity index (χ4n) is 2.11. The van der Waals surface area contributed by atoms with Gasteiger partial charge in [-0.15, -0.1) is 11.3 Å². The summed E-state index contributed by atoms with van der Waals surface area (Å²) in [6.07, 6.45) is 0. The molecular weight excluding hydrogens is 373 g/mol. The Bertz CT molecular complexity index is 796. The number of halogens is 3. The van der Waals surface area contributed by atoms with E-state index in [0.717, 1.165) is 20.6 Å². The van der Waals surface area contributed by atoms with Gasteiger partial charge in [0.05, 0.1) is 16.3 Å². The summed E-state index contributed by atoms with van der Waals surface area (Å²) in [7, 11) is 0. The van der Waals surface area contributed by atoms with Crippen LogP contribution in [-0.2, 0) is 0 Å². The van der Waals surface area contributed by atoms with Gasteiger partial charge in [-0.05, 0) is 25.1 Å². The lowest BCUT2D eigenvalue weighted by Gasteiger charge is -2.02. The highest BCUT2D eigenvalue weighted by Crippen LogP contribution is 2.39. The largest absolute Gasteiger partial charge is 0.236 e. The number of thiazole rings is 1. The number of nitrogens with zero attached hydrogens (tertiary/aromatic N) is 1. The van der Waals surface area contributed by atoms with Crippen LogP contribution in [0.3, 0.4) is 0 Å². The highest BCUT2D eigenvalue weighted by atomic mass is 79.9. The molecule has 0 radical (unpaired) electrons. The van der Waals surface area contributed by atoms with E-state index in [-0.39, 0.29) is 5.82 Å². The second kappa shape index (κ2) is 5.87. The van der Waals surface area contributed by atoms with Crippen LogP contribution in [0.4, 0.5) is 4.39 Å². The zero-order valence-corrected chi connectivity index (χ0v) is 14.2. The predicted octanol–water partition coefficient (Wildman–Crippen LogP) is 6.34. The first-order valence-corrected chi connectivity index (χ1v) is 8.23. The molecule has 3 aromatic rings. The number of aryl methyl sites for hydroxylation is 1. The Kier molecular flexibility index (Phi) is 4.11. The molecule has 106 valence electrons. The lowest BCUT2D eigenvalue weighted by atomic mass is 10.1. The van der Waals surface area contributed by atoms with Crippen LogP contribution in [0.1, 0.15) is 4.88 Å². The Labute approximate surface area is 139 Å². The van der Waals surface area contributed by atoms with E-state index in [2.05, 4.69) is 20.9 Å². The van der Waals surface area contributed by atoms with E-state index in [9.17, 15) is 4.39 Å². The van der Waals surface area contributed by atoms with E-state index in [4.69, 9.17) is 11.6 Å². The van der Waals surface area contributed by atoms with Gasteiger partial charge in [0.25, 0.3) is 0 Å². The SMILES string of the molecule is Cc1sc(-c2c(F)cccc2Cl)nc1-c1ccccc1Br. The highest BCUT2D eigenvalue weighted by Gasteiger charge is 2.17. The standard InChI is InChI=1S/C16H10BrClFNS/c1-9-15(10-5-2-3-6-11(10)17)20-16(21-9)14-12(18)7-4-8-13(14)19/h2-8H,1H3. The molecule has 0 saturated heterocycles. The summed E-state index contributed by atoms with van der Waals surface area (Å²) in [6, 6.07) is 12.5. The van der Waals surface area contributed by atoms with Crippen LogP contribution in [0.5, 0.6) is 0 Å². The van der Waals surface area contributed by atoms with E-state index in [1.807, 2.05) is 31.2 Å². The lowest BCUT2D eigenvalue weighted by molar-refractivity contribution is 0.631. The molecule has 3 rings (SSSR count). The van der Waals surface area contributed by atoms with E-state index in [0.29, 0.717) is 15.6 Å². The fourth-order valence-corrected chi connectivity index (χ4v) is 3.88. The van der Waals surface area contributed by atoms with Crippen LogP contribution in [0.15, 0.2) is 46.9 Å². The highest BCUT2D eigenvalue weighted by molar-refractivity contribution is 9.10. The second-order valence-electron chi connectivity index (χ2n) is 4.50. The first kappa shape index (κ1) is 14.7. The third kappa shape index (κ3) is 2.76. The van der Waals surface area contributed by atoms with Crippen LogP contribution in [0, 0.1) is 12.7 Å². The van der Waals surface area contributed by atoms with Crippen molar-refractivity contribution in [2.75, 3.05) is 0 Å². The summed E-state index contributed by atoms with van der Waals surface area (Å²) in [4.78, 5) is 5.62.